The van der Waals surface area contributed by atoms with E-state index in [2.05, 4.69) is 32.4 Å². The van der Waals surface area contributed by atoms with E-state index in [1.807, 2.05) is 0 Å². The molecule has 0 aliphatic heterocycles. The fourth-order valence-corrected chi connectivity index (χ4v) is 1.11. The first-order valence-corrected chi connectivity index (χ1v) is 3.81. The molecule has 0 atom stereocenters. The zero-order valence-electron chi connectivity index (χ0n) is 6.91. The SMILES string of the molecule is [CH2]CNc1nc(N)nc2[nH]ncc12. The molecule has 0 fully saturated rings. The van der Waals surface area contributed by atoms with E-state index in [4.69, 9.17) is 5.73 Å². The summed E-state index contributed by atoms with van der Waals surface area (Å²) in [5.74, 6) is 0.874. The molecule has 0 amide bonds. The number of anilines is 2. The Balaban J connectivity index is 2.63. The zero-order valence-corrected chi connectivity index (χ0v) is 6.91. The molecule has 1 radical (unpaired) electrons. The third-order valence-corrected chi connectivity index (χ3v) is 1.62. The standard InChI is InChI=1S/C7H9N6/c1-2-9-5-4-3-10-13-6(4)12-7(8)11-5/h3H,1-2H2,(H4,8,9,10,11,12,13). The van der Waals surface area contributed by atoms with Crippen LogP contribution in [-0.2, 0) is 0 Å². The minimum atomic E-state index is 0.215. The van der Waals surface area contributed by atoms with Gasteiger partial charge in [0.1, 0.15) is 5.82 Å². The van der Waals surface area contributed by atoms with Crippen LogP contribution in [0.2, 0.25) is 0 Å². The summed E-state index contributed by atoms with van der Waals surface area (Å²) >= 11 is 0. The molecule has 4 N–H and O–H groups in total. The van der Waals surface area contributed by atoms with Gasteiger partial charge in [0, 0.05) is 6.54 Å². The number of H-pyrrole nitrogens is 1. The first-order chi connectivity index (χ1) is 6.31. The molecule has 2 rings (SSSR count). The average Bonchev–Trinajstić information content (AvgIpc) is 2.52. The lowest BCUT2D eigenvalue weighted by Crippen LogP contribution is -2.03. The van der Waals surface area contributed by atoms with Crippen molar-refractivity contribution in [1.82, 2.24) is 20.2 Å². The van der Waals surface area contributed by atoms with Crippen molar-refractivity contribution in [3.05, 3.63) is 13.1 Å². The van der Waals surface area contributed by atoms with Gasteiger partial charge in [-0.2, -0.15) is 15.1 Å². The van der Waals surface area contributed by atoms with Crippen LogP contribution in [0.4, 0.5) is 11.8 Å². The molecule has 6 heteroatoms. The third kappa shape index (κ3) is 1.26. The summed E-state index contributed by atoms with van der Waals surface area (Å²) in [6, 6.07) is 0. The molecule has 2 aromatic rings. The van der Waals surface area contributed by atoms with Gasteiger partial charge in [-0.05, 0) is 6.92 Å². The summed E-state index contributed by atoms with van der Waals surface area (Å²) in [4.78, 5) is 7.99. The monoisotopic (exact) mass is 177 g/mol. The van der Waals surface area contributed by atoms with Gasteiger partial charge in [-0.25, -0.2) is 0 Å². The molecular formula is C7H9N6. The van der Waals surface area contributed by atoms with Crippen LogP contribution in [0.15, 0.2) is 6.20 Å². The van der Waals surface area contributed by atoms with E-state index in [9.17, 15) is 0 Å². The summed E-state index contributed by atoms with van der Waals surface area (Å²) in [6.07, 6.45) is 1.65. The maximum atomic E-state index is 5.48. The molecule has 6 nitrogen and oxygen atoms in total. The number of aromatic amines is 1. The van der Waals surface area contributed by atoms with Gasteiger partial charge in [-0.3, -0.25) is 5.10 Å². The largest absolute Gasteiger partial charge is 0.369 e. The van der Waals surface area contributed by atoms with Crippen LogP contribution in [0.25, 0.3) is 11.0 Å². The van der Waals surface area contributed by atoms with Crippen LogP contribution >= 0.6 is 0 Å². The molecule has 13 heavy (non-hydrogen) atoms. The molecule has 0 aliphatic carbocycles. The van der Waals surface area contributed by atoms with Crippen molar-refractivity contribution in [1.29, 1.82) is 0 Å². The Hall–Kier alpha value is -1.85. The molecule has 0 aromatic carbocycles. The zero-order chi connectivity index (χ0) is 9.26. The van der Waals surface area contributed by atoms with Crippen molar-refractivity contribution in [2.24, 2.45) is 0 Å². The lowest BCUT2D eigenvalue weighted by Gasteiger charge is -2.02. The molecule has 0 saturated carbocycles. The van der Waals surface area contributed by atoms with E-state index in [0.29, 0.717) is 18.0 Å². The number of nitrogens with zero attached hydrogens (tertiary/aromatic N) is 3. The predicted molar refractivity (Wildman–Crippen MR) is 49.9 cm³/mol. The van der Waals surface area contributed by atoms with Crippen molar-refractivity contribution in [3.8, 4) is 0 Å². The van der Waals surface area contributed by atoms with E-state index in [0.717, 1.165) is 5.39 Å². The Morgan fingerprint density at radius 3 is 3.15 bits per heavy atom. The van der Waals surface area contributed by atoms with Gasteiger partial charge in [0.2, 0.25) is 5.95 Å². The molecule has 0 aliphatic rings. The number of fused-ring (bicyclic) bond motifs is 1. The lowest BCUT2D eigenvalue weighted by molar-refractivity contribution is 1.09. The van der Waals surface area contributed by atoms with Crippen LogP contribution in [0.3, 0.4) is 0 Å². The summed E-state index contributed by atoms with van der Waals surface area (Å²) in [7, 11) is 0. The normalized spacial score (nSPS) is 10.5. The lowest BCUT2D eigenvalue weighted by atomic mass is 10.4. The van der Waals surface area contributed by atoms with Gasteiger partial charge in [0.25, 0.3) is 0 Å². The van der Waals surface area contributed by atoms with Crippen LogP contribution in [0.5, 0.6) is 0 Å². The smallest absolute Gasteiger partial charge is 0.224 e. The van der Waals surface area contributed by atoms with Crippen LogP contribution in [-0.4, -0.2) is 26.7 Å². The van der Waals surface area contributed by atoms with E-state index < -0.39 is 0 Å². The minimum Gasteiger partial charge on any atom is -0.369 e. The highest BCUT2D eigenvalue weighted by atomic mass is 15.2. The number of nitrogens with two attached hydrogens (primary N) is 1. The number of hydrogen-bond acceptors (Lipinski definition) is 5. The number of nitrogens with one attached hydrogen (secondary N) is 2. The van der Waals surface area contributed by atoms with Gasteiger partial charge in [0.05, 0.1) is 11.6 Å². The average molecular weight is 177 g/mol. The Bertz CT molecular complexity index is 420. The molecular weight excluding hydrogens is 168 g/mol. The highest BCUT2D eigenvalue weighted by Gasteiger charge is 2.05. The third-order valence-electron chi connectivity index (χ3n) is 1.62. The fourth-order valence-electron chi connectivity index (χ4n) is 1.11. The van der Waals surface area contributed by atoms with Crippen molar-refractivity contribution in [3.63, 3.8) is 0 Å². The maximum Gasteiger partial charge on any atom is 0.224 e. The molecule has 0 spiro atoms. The van der Waals surface area contributed by atoms with Crippen LogP contribution in [0.1, 0.15) is 0 Å². The van der Waals surface area contributed by atoms with Gasteiger partial charge in [0.15, 0.2) is 5.65 Å². The second kappa shape index (κ2) is 2.89. The molecule has 67 valence electrons. The van der Waals surface area contributed by atoms with Crippen LogP contribution < -0.4 is 11.1 Å². The number of hydrogen-bond donors (Lipinski definition) is 3. The predicted octanol–water partition coefficient (Wildman–Crippen LogP) is 0.181. The van der Waals surface area contributed by atoms with Crippen molar-refractivity contribution in [2.45, 2.75) is 0 Å². The first kappa shape index (κ1) is 7.78. The van der Waals surface area contributed by atoms with Gasteiger partial charge >= 0.3 is 0 Å². The van der Waals surface area contributed by atoms with Crippen molar-refractivity contribution >= 4 is 22.8 Å². The van der Waals surface area contributed by atoms with Gasteiger partial charge in [-0.15, -0.1) is 0 Å². The van der Waals surface area contributed by atoms with E-state index in [1.165, 1.54) is 0 Å². The summed E-state index contributed by atoms with van der Waals surface area (Å²) in [5, 5.41) is 10.4. The Morgan fingerprint density at radius 2 is 2.38 bits per heavy atom. The number of rotatable bonds is 2. The molecule has 0 unspecified atom stereocenters. The Labute approximate surface area is 74.6 Å². The molecule has 2 heterocycles. The van der Waals surface area contributed by atoms with E-state index >= 15 is 0 Å². The Morgan fingerprint density at radius 1 is 1.54 bits per heavy atom. The number of aromatic nitrogens is 4. The van der Waals surface area contributed by atoms with E-state index in [1.54, 1.807) is 6.20 Å². The van der Waals surface area contributed by atoms with Gasteiger partial charge in [-0.1, -0.05) is 0 Å². The summed E-state index contributed by atoms with van der Waals surface area (Å²) in [5.41, 5.74) is 6.11. The van der Waals surface area contributed by atoms with Gasteiger partial charge < -0.3 is 11.1 Å². The highest BCUT2D eigenvalue weighted by molar-refractivity contribution is 5.86. The van der Waals surface area contributed by atoms with Crippen molar-refractivity contribution in [2.75, 3.05) is 17.6 Å². The molecule has 2 aromatic heterocycles. The Kier molecular flexibility index (Phi) is 1.73. The topological polar surface area (TPSA) is 92.5 Å². The second-order valence-corrected chi connectivity index (χ2v) is 2.49. The van der Waals surface area contributed by atoms with Crippen molar-refractivity contribution < 1.29 is 0 Å². The van der Waals surface area contributed by atoms with Crippen LogP contribution in [0, 0.1) is 6.92 Å². The first-order valence-electron chi connectivity index (χ1n) is 3.81. The van der Waals surface area contributed by atoms with E-state index in [-0.39, 0.29) is 5.95 Å². The fraction of sp³-hybridized carbons (Fsp3) is 0.143. The second-order valence-electron chi connectivity index (χ2n) is 2.49. The minimum absolute atomic E-state index is 0.215. The molecule has 0 saturated heterocycles. The summed E-state index contributed by atoms with van der Waals surface area (Å²) < 4.78 is 0. The maximum absolute atomic E-state index is 5.48. The summed E-state index contributed by atoms with van der Waals surface area (Å²) in [6.45, 7) is 4.20. The quantitative estimate of drug-likeness (QED) is 0.608. The molecule has 0 bridgehead atoms. The highest BCUT2D eigenvalue weighted by Crippen LogP contribution is 2.17. The number of nitrogen functional groups attached to an aromatic ring is 1.